The van der Waals surface area contributed by atoms with Crippen molar-refractivity contribution in [2.75, 3.05) is 0 Å². The third kappa shape index (κ3) is 3.31. The van der Waals surface area contributed by atoms with E-state index in [0.717, 1.165) is 12.1 Å². The highest BCUT2D eigenvalue weighted by molar-refractivity contribution is 6.33. The van der Waals surface area contributed by atoms with Gasteiger partial charge in [0.1, 0.15) is 0 Å². The molecule has 0 N–H and O–H groups in total. The molecule has 3 rings (SSSR count). The molecule has 0 aliphatic carbocycles. The van der Waals surface area contributed by atoms with Crippen LogP contribution >= 0.6 is 11.6 Å². The van der Waals surface area contributed by atoms with E-state index in [1.165, 1.54) is 0 Å². The van der Waals surface area contributed by atoms with Crippen LogP contribution in [-0.4, -0.2) is 15.1 Å². The molecule has 0 spiro atoms. The Hall–Kier alpha value is -2.94. The second-order valence-electron chi connectivity index (χ2n) is 4.89. The van der Waals surface area contributed by atoms with E-state index in [9.17, 15) is 23.3 Å². The van der Waals surface area contributed by atoms with Crippen molar-refractivity contribution >= 4 is 17.3 Å². The van der Waals surface area contributed by atoms with Crippen molar-refractivity contribution in [2.45, 2.75) is 6.18 Å². The van der Waals surface area contributed by atoms with Crippen LogP contribution in [0.2, 0.25) is 5.02 Å². The first-order chi connectivity index (χ1) is 11.8. The van der Waals surface area contributed by atoms with E-state index in [1.807, 2.05) is 0 Å². The van der Waals surface area contributed by atoms with Gasteiger partial charge in [-0.3, -0.25) is 10.1 Å². The lowest BCUT2D eigenvalue weighted by atomic mass is 10.1. The molecule has 3 aromatic rings. The number of alkyl halides is 3. The van der Waals surface area contributed by atoms with Crippen molar-refractivity contribution in [1.82, 2.24) is 10.1 Å². The molecule has 0 saturated carbocycles. The molecule has 0 amide bonds. The summed E-state index contributed by atoms with van der Waals surface area (Å²) < 4.78 is 44.7. The first-order valence-corrected chi connectivity index (χ1v) is 7.10. The SMILES string of the molecule is O=[N+]([O-])c1ccc(-c2noc(-c3ccccc3Cl)n2)c(C(F)(F)F)c1. The van der Waals surface area contributed by atoms with Gasteiger partial charge in [0.2, 0.25) is 5.82 Å². The van der Waals surface area contributed by atoms with Gasteiger partial charge in [0, 0.05) is 17.7 Å². The van der Waals surface area contributed by atoms with Gasteiger partial charge in [-0.25, -0.2) is 0 Å². The standard InChI is InChI=1S/C15H7ClF3N3O3/c16-12-4-2-1-3-10(12)14-20-13(21-25-14)9-6-5-8(22(23)24)7-11(9)15(17,18)19/h1-7H. The Morgan fingerprint density at radius 1 is 1.12 bits per heavy atom. The van der Waals surface area contributed by atoms with Crippen LogP contribution in [0.3, 0.4) is 0 Å². The van der Waals surface area contributed by atoms with Gasteiger partial charge in [-0.05, 0) is 18.2 Å². The highest BCUT2D eigenvalue weighted by Crippen LogP contribution is 2.39. The highest BCUT2D eigenvalue weighted by atomic mass is 35.5. The Bertz CT molecular complexity index is 956. The molecule has 0 aliphatic heterocycles. The summed E-state index contributed by atoms with van der Waals surface area (Å²) in [6, 6.07) is 8.76. The lowest BCUT2D eigenvalue weighted by Crippen LogP contribution is -2.08. The van der Waals surface area contributed by atoms with E-state index in [2.05, 4.69) is 10.1 Å². The second-order valence-corrected chi connectivity index (χ2v) is 5.29. The first kappa shape index (κ1) is 16.9. The monoisotopic (exact) mass is 369 g/mol. The van der Waals surface area contributed by atoms with Crippen molar-refractivity contribution in [2.24, 2.45) is 0 Å². The molecule has 0 aliphatic rings. The summed E-state index contributed by atoms with van der Waals surface area (Å²) in [4.78, 5) is 13.7. The molecule has 0 saturated heterocycles. The number of nitrogens with zero attached hydrogens (tertiary/aromatic N) is 3. The maximum absolute atomic E-state index is 13.2. The lowest BCUT2D eigenvalue weighted by Gasteiger charge is -2.09. The van der Waals surface area contributed by atoms with E-state index < -0.39 is 27.9 Å². The van der Waals surface area contributed by atoms with Crippen LogP contribution < -0.4 is 0 Å². The average molecular weight is 370 g/mol. The van der Waals surface area contributed by atoms with E-state index in [1.54, 1.807) is 24.3 Å². The molecule has 0 radical (unpaired) electrons. The van der Waals surface area contributed by atoms with Crippen LogP contribution in [0.25, 0.3) is 22.8 Å². The third-order valence-corrected chi connectivity index (χ3v) is 3.62. The van der Waals surface area contributed by atoms with Crippen molar-refractivity contribution < 1.29 is 22.6 Å². The molecule has 1 aromatic heterocycles. The summed E-state index contributed by atoms with van der Waals surface area (Å²) in [5.41, 5.74) is -1.99. The number of nitro benzene ring substituents is 1. The minimum Gasteiger partial charge on any atom is -0.334 e. The van der Waals surface area contributed by atoms with E-state index in [4.69, 9.17) is 16.1 Å². The molecule has 1 heterocycles. The minimum absolute atomic E-state index is 0.0629. The molecule has 6 nitrogen and oxygen atoms in total. The van der Waals surface area contributed by atoms with Gasteiger partial charge in [0.25, 0.3) is 11.6 Å². The Morgan fingerprint density at radius 3 is 2.48 bits per heavy atom. The summed E-state index contributed by atoms with van der Waals surface area (Å²) in [5.74, 6) is -0.413. The molecule has 10 heteroatoms. The lowest BCUT2D eigenvalue weighted by molar-refractivity contribution is -0.385. The largest absolute Gasteiger partial charge is 0.417 e. The zero-order chi connectivity index (χ0) is 18.2. The molecule has 0 unspecified atom stereocenters. The summed E-state index contributed by atoms with van der Waals surface area (Å²) in [6.07, 6.45) is -4.83. The van der Waals surface area contributed by atoms with E-state index >= 15 is 0 Å². The van der Waals surface area contributed by atoms with Gasteiger partial charge in [-0.15, -0.1) is 0 Å². The van der Waals surface area contributed by atoms with Gasteiger partial charge >= 0.3 is 6.18 Å². The normalized spacial score (nSPS) is 11.5. The molecule has 25 heavy (non-hydrogen) atoms. The van der Waals surface area contributed by atoms with Crippen LogP contribution in [0.1, 0.15) is 5.56 Å². The van der Waals surface area contributed by atoms with Gasteiger partial charge in [0.05, 0.1) is 21.1 Å². The summed E-state index contributed by atoms with van der Waals surface area (Å²) in [6.45, 7) is 0. The number of aromatic nitrogens is 2. The van der Waals surface area contributed by atoms with Crippen LogP contribution in [0.15, 0.2) is 47.0 Å². The quantitative estimate of drug-likeness (QED) is 0.480. The zero-order valence-corrected chi connectivity index (χ0v) is 12.9. The second kappa shape index (κ2) is 6.17. The van der Waals surface area contributed by atoms with Gasteiger partial charge < -0.3 is 4.52 Å². The summed E-state index contributed by atoms with van der Waals surface area (Å²) in [7, 11) is 0. The number of hydrogen-bond donors (Lipinski definition) is 0. The zero-order valence-electron chi connectivity index (χ0n) is 12.1. The molecule has 128 valence electrons. The van der Waals surface area contributed by atoms with Crippen molar-refractivity contribution in [3.8, 4) is 22.8 Å². The number of rotatable bonds is 3. The van der Waals surface area contributed by atoms with Gasteiger partial charge in [-0.2, -0.15) is 18.2 Å². The molecule has 0 fully saturated rings. The summed E-state index contributed by atoms with van der Waals surface area (Å²) >= 11 is 5.99. The van der Waals surface area contributed by atoms with Crippen LogP contribution in [0, 0.1) is 10.1 Å². The summed E-state index contributed by atoms with van der Waals surface area (Å²) in [5, 5.41) is 14.6. The minimum atomic E-state index is -4.83. The van der Waals surface area contributed by atoms with Crippen LogP contribution in [0.4, 0.5) is 18.9 Å². The predicted molar refractivity (Wildman–Crippen MR) is 81.8 cm³/mol. The topological polar surface area (TPSA) is 82.1 Å². The smallest absolute Gasteiger partial charge is 0.334 e. The van der Waals surface area contributed by atoms with Crippen molar-refractivity contribution in [3.05, 3.63) is 63.2 Å². The fraction of sp³-hybridized carbons (Fsp3) is 0.0667. The Balaban J connectivity index is 2.12. The van der Waals surface area contributed by atoms with Gasteiger partial charge in [0.15, 0.2) is 0 Å². The highest BCUT2D eigenvalue weighted by Gasteiger charge is 2.36. The molecule has 0 atom stereocenters. The number of non-ortho nitro benzene ring substituents is 1. The van der Waals surface area contributed by atoms with E-state index in [0.29, 0.717) is 11.6 Å². The number of benzene rings is 2. The van der Waals surface area contributed by atoms with Crippen molar-refractivity contribution in [3.63, 3.8) is 0 Å². The molecule has 2 aromatic carbocycles. The number of hydrogen-bond acceptors (Lipinski definition) is 5. The third-order valence-electron chi connectivity index (χ3n) is 3.29. The fourth-order valence-electron chi connectivity index (χ4n) is 2.15. The maximum atomic E-state index is 13.2. The van der Waals surface area contributed by atoms with Gasteiger partial charge in [-0.1, -0.05) is 28.9 Å². The Morgan fingerprint density at radius 2 is 1.84 bits per heavy atom. The van der Waals surface area contributed by atoms with Crippen LogP contribution in [-0.2, 0) is 6.18 Å². The predicted octanol–water partition coefficient (Wildman–Crippen LogP) is 4.98. The first-order valence-electron chi connectivity index (χ1n) is 6.72. The Labute approximate surface area is 143 Å². The average Bonchev–Trinajstić information content (AvgIpc) is 3.03. The number of halogens is 4. The number of nitro groups is 1. The Kier molecular flexibility index (Phi) is 4.17. The molecule has 0 bridgehead atoms. The fourth-order valence-corrected chi connectivity index (χ4v) is 2.37. The molecular formula is C15H7ClF3N3O3. The van der Waals surface area contributed by atoms with E-state index in [-0.39, 0.29) is 16.7 Å². The van der Waals surface area contributed by atoms with Crippen LogP contribution in [0.5, 0.6) is 0 Å². The van der Waals surface area contributed by atoms with Crippen molar-refractivity contribution in [1.29, 1.82) is 0 Å². The molecular weight excluding hydrogens is 363 g/mol. The maximum Gasteiger partial charge on any atom is 0.417 e.